The van der Waals surface area contributed by atoms with Crippen LogP contribution in [-0.4, -0.2) is 30.8 Å². The Kier molecular flexibility index (Phi) is 4.50. The van der Waals surface area contributed by atoms with Gasteiger partial charge in [0.25, 0.3) is 11.2 Å². The highest BCUT2D eigenvalue weighted by molar-refractivity contribution is 5.60. The van der Waals surface area contributed by atoms with Crippen molar-refractivity contribution in [2.75, 3.05) is 13.7 Å². The van der Waals surface area contributed by atoms with E-state index in [0.29, 0.717) is 13.0 Å². The molecule has 0 aliphatic carbocycles. The first-order valence-electron chi connectivity index (χ1n) is 6.36. The molecule has 0 saturated carbocycles. The van der Waals surface area contributed by atoms with Crippen molar-refractivity contribution in [2.45, 2.75) is 25.6 Å². The molecule has 2 rings (SSSR count). The number of rotatable bonds is 4. The number of nitrogens with zero attached hydrogens (tertiary/aromatic N) is 2. The van der Waals surface area contributed by atoms with Crippen molar-refractivity contribution in [3.63, 3.8) is 0 Å². The molecule has 1 aromatic carbocycles. The standard InChI is InChI=1S/C14H16N2O4/c1-3-19-14-8-12(13(9-15)16(17)20-14)10-4-6-11(18-2)7-5-10/h4-7,12,14H,3,8H2,1-2H3/t12-,14+/m0/s1. The van der Waals surface area contributed by atoms with E-state index < -0.39 is 6.29 Å². The van der Waals surface area contributed by atoms with E-state index in [1.165, 1.54) is 0 Å². The molecular weight excluding hydrogens is 260 g/mol. The molecule has 0 bridgehead atoms. The highest BCUT2D eigenvalue weighted by Crippen LogP contribution is 2.34. The van der Waals surface area contributed by atoms with Crippen LogP contribution in [0.25, 0.3) is 5.41 Å². The van der Waals surface area contributed by atoms with E-state index in [9.17, 15) is 4.91 Å². The molecule has 20 heavy (non-hydrogen) atoms. The molecule has 1 saturated heterocycles. The van der Waals surface area contributed by atoms with Crippen LogP contribution in [0, 0.1) is 4.91 Å². The third-order valence-corrected chi connectivity index (χ3v) is 3.15. The van der Waals surface area contributed by atoms with Crippen LogP contribution >= 0.6 is 0 Å². The predicted octanol–water partition coefficient (Wildman–Crippen LogP) is 2.38. The Hall–Kier alpha value is -2.17. The molecule has 1 heterocycles. The van der Waals surface area contributed by atoms with E-state index in [4.69, 9.17) is 19.7 Å². The number of hydrogen-bond donors (Lipinski definition) is 0. The fourth-order valence-corrected chi connectivity index (χ4v) is 2.17. The second-order valence-electron chi connectivity index (χ2n) is 4.31. The predicted molar refractivity (Wildman–Crippen MR) is 72.4 cm³/mol. The molecule has 106 valence electrons. The molecule has 0 amide bonds. The van der Waals surface area contributed by atoms with Crippen LogP contribution in [0.5, 0.6) is 5.75 Å². The number of methoxy groups -OCH3 is 1. The van der Waals surface area contributed by atoms with Gasteiger partial charge in [-0.3, -0.25) is 0 Å². The molecule has 6 heteroatoms. The van der Waals surface area contributed by atoms with Crippen molar-refractivity contribution in [3.05, 3.63) is 45.8 Å². The lowest BCUT2D eigenvalue weighted by atomic mass is 9.92. The summed E-state index contributed by atoms with van der Waals surface area (Å²) in [5.74, 6) is 2.29. The SMILES string of the molecule is CCO[C@H]1C[C@@H](c2ccc(OC)cc2)C(=C=[N-])[N+](=O)O1. The summed E-state index contributed by atoms with van der Waals surface area (Å²) in [4.78, 5) is 17.0. The molecule has 0 spiro atoms. The van der Waals surface area contributed by atoms with Crippen molar-refractivity contribution < 1.29 is 19.2 Å². The van der Waals surface area contributed by atoms with Crippen molar-refractivity contribution in [3.8, 4) is 5.75 Å². The second-order valence-corrected chi connectivity index (χ2v) is 4.31. The molecule has 1 aliphatic rings. The highest BCUT2D eigenvalue weighted by Gasteiger charge is 2.42. The zero-order chi connectivity index (χ0) is 14.5. The van der Waals surface area contributed by atoms with Gasteiger partial charge in [-0.25, -0.2) is 0 Å². The summed E-state index contributed by atoms with van der Waals surface area (Å²) in [6, 6.07) is 7.27. The normalized spacial score (nSPS) is 22.1. The fraction of sp³-hybridized carbons (Fsp3) is 0.429. The summed E-state index contributed by atoms with van der Waals surface area (Å²) in [7, 11) is 1.58. The summed E-state index contributed by atoms with van der Waals surface area (Å²) in [6.45, 7) is 2.26. The van der Waals surface area contributed by atoms with Gasteiger partial charge in [-0.2, -0.15) is 10.7 Å². The van der Waals surface area contributed by atoms with E-state index in [-0.39, 0.29) is 16.5 Å². The minimum Gasteiger partial charge on any atom is -0.758 e. The van der Waals surface area contributed by atoms with Gasteiger partial charge < -0.3 is 14.9 Å². The number of benzene rings is 1. The van der Waals surface area contributed by atoms with Crippen LogP contribution in [-0.2, 0) is 9.57 Å². The summed E-state index contributed by atoms with van der Waals surface area (Å²) >= 11 is 0. The van der Waals surface area contributed by atoms with E-state index in [1.807, 2.05) is 24.9 Å². The number of ether oxygens (including phenoxy) is 2. The third kappa shape index (κ3) is 2.87. The first-order chi connectivity index (χ1) is 9.69. The zero-order valence-electron chi connectivity index (χ0n) is 11.4. The number of allylic oxidation sites excluding steroid dienone is 1. The summed E-state index contributed by atoms with van der Waals surface area (Å²) in [5.41, 5.74) is 0.891. The van der Waals surface area contributed by atoms with Crippen LogP contribution < -0.4 is 4.74 Å². The first kappa shape index (κ1) is 14.2. The van der Waals surface area contributed by atoms with Crippen LogP contribution in [0.3, 0.4) is 0 Å². The molecule has 1 aromatic rings. The van der Waals surface area contributed by atoms with Gasteiger partial charge in [-0.05, 0) is 24.6 Å². The van der Waals surface area contributed by atoms with Crippen molar-refractivity contribution >= 4 is 5.87 Å². The van der Waals surface area contributed by atoms with E-state index in [2.05, 4.69) is 0 Å². The van der Waals surface area contributed by atoms with Crippen LogP contribution in [0.15, 0.2) is 30.0 Å². The fourth-order valence-electron chi connectivity index (χ4n) is 2.17. The zero-order valence-corrected chi connectivity index (χ0v) is 11.4. The molecule has 2 atom stereocenters. The van der Waals surface area contributed by atoms with E-state index in [0.717, 1.165) is 11.3 Å². The van der Waals surface area contributed by atoms with Gasteiger partial charge in [0.15, 0.2) is 0 Å². The van der Waals surface area contributed by atoms with Gasteiger partial charge in [0, 0.05) is 13.0 Å². The van der Waals surface area contributed by atoms with Crippen molar-refractivity contribution in [1.82, 2.24) is 0 Å². The molecule has 0 radical (unpaired) electrons. The van der Waals surface area contributed by atoms with Gasteiger partial charge in [-0.15, -0.1) is 0 Å². The van der Waals surface area contributed by atoms with Crippen LogP contribution in [0.2, 0.25) is 0 Å². The molecule has 0 N–H and O–H groups in total. The minimum absolute atomic E-state index is 0.0334. The Bertz CT molecular complexity index is 535. The van der Waals surface area contributed by atoms with Gasteiger partial charge in [0.05, 0.1) is 17.9 Å². The lowest BCUT2D eigenvalue weighted by molar-refractivity contribution is -0.800. The smallest absolute Gasteiger partial charge is 0.320 e. The van der Waals surface area contributed by atoms with E-state index >= 15 is 0 Å². The number of hydrogen-bond acceptors (Lipinski definition) is 4. The molecule has 1 fully saturated rings. The minimum atomic E-state index is -0.637. The largest absolute Gasteiger partial charge is 0.758 e. The average molecular weight is 276 g/mol. The van der Waals surface area contributed by atoms with E-state index in [1.54, 1.807) is 19.2 Å². The average Bonchev–Trinajstić information content (AvgIpc) is 2.47. The second kappa shape index (κ2) is 6.32. The van der Waals surface area contributed by atoms with Crippen LogP contribution in [0.1, 0.15) is 24.8 Å². The maximum Gasteiger partial charge on any atom is 0.320 e. The maximum absolute atomic E-state index is 11.7. The Balaban J connectivity index is 2.28. The lowest BCUT2D eigenvalue weighted by Crippen LogP contribution is -2.33. The maximum atomic E-state index is 11.7. The summed E-state index contributed by atoms with van der Waals surface area (Å²) in [6.07, 6.45) is -0.205. The topological polar surface area (TPSA) is 70.1 Å². The molecule has 6 nitrogen and oxygen atoms in total. The Morgan fingerprint density at radius 2 is 2.15 bits per heavy atom. The van der Waals surface area contributed by atoms with Crippen molar-refractivity contribution in [2.24, 2.45) is 0 Å². The Labute approximate surface area is 117 Å². The molecule has 0 unspecified atom stereocenters. The third-order valence-electron chi connectivity index (χ3n) is 3.15. The summed E-state index contributed by atoms with van der Waals surface area (Å²) < 4.78 is 10.4. The van der Waals surface area contributed by atoms with Gasteiger partial charge >= 0.3 is 5.70 Å². The van der Waals surface area contributed by atoms with Crippen molar-refractivity contribution in [1.29, 1.82) is 0 Å². The molecule has 0 aromatic heterocycles. The van der Waals surface area contributed by atoms with Gasteiger partial charge in [0.1, 0.15) is 5.75 Å². The highest BCUT2D eigenvalue weighted by atomic mass is 16.8. The summed E-state index contributed by atoms with van der Waals surface area (Å²) in [5, 5.41) is 9.14. The van der Waals surface area contributed by atoms with Gasteiger partial charge in [-0.1, -0.05) is 12.1 Å². The lowest BCUT2D eigenvalue weighted by Gasteiger charge is -2.23. The monoisotopic (exact) mass is 276 g/mol. The molecule has 1 aliphatic heterocycles. The van der Waals surface area contributed by atoms with Crippen LogP contribution in [0.4, 0.5) is 0 Å². The quantitative estimate of drug-likeness (QED) is 0.792. The Morgan fingerprint density at radius 1 is 1.45 bits per heavy atom. The first-order valence-corrected chi connectivity index (χ1v) is 6.36. The van der Waals surface area contributed by atoms with Gasteiger partial charge in [0.2, 0.25) is 0 Å². The Morgan fingerprint density at radius 3 is 2.70 bits per heavy atom. The molecular formula is C14H16N2O4.